The molecule has 0 radical (unpaired) electrons. The Morgan fingerprint density at radius 1 is 1.38 bits per heavy atom. The van der Waals surface area contributed by atoms with Crippen LogP contribution in [0.4, 0.5) is 0 Å². The van der Waals surface area contributed by atoms with Crippen LogP contribution in [-0.4, -0.2) is 29.5 Å². The summed E-state index contributed by atoms with van der Waals surface area (Å²) in [6.45, 7) is 0.431. The van der Waals surface area contributed by atoms with Crippen molar-refractivity contribution >= 4 is 0 Å². The summed E-state index contributed by atoms with van der Waals surface area (Å²) in [4.78, 5) is 0. The highest BCUT2D eigenvalue weighted by molar-refractivity contribution is 5.30. The molecule has 2 rings (SSSR count). The van der Waals surface area contributed by atoms with Gasteiger partial charge in [0.1, 0.15) is 18.7 Å². The van der Waals surface area contributed by atoms with E-state index >= 15 is 0 Å². The van der Waals surface area contributed by atoms with Crippen molar-refractivity contribution in [3.63, 3.8) is 0 Å². The smallest absolute Gasteiger partial charge is 0.126 e. The standard InChI is InChI=1S/C13H19NO2/c15-9-11(16)8-14-13-7-3-5-10-4-1-2-6-12(10)13/h1-2,4,6,11,13-16H,3,5,7-9H2/p+1/t11-,13-/m1/s1. The fraction of sp³-hybridized carbons (Fsp3) is 0.538. The van der Waals surface area contributed by atoms with E-state index in [4.69, 9.17) is 5.11 Å². The van der Waals surface area contributed by atoms with Gasteiger partial charge in [-0.15, -0.1) is 0 Å². The molecule has 0 heterocycles. The molecule has 16 heavy (non-hydrogen) atoms. The molecule has 1 aromatic rings. The number of aliphatic hydroxyl groups is 2. The van der Waals surface area contributed by atoms with Crippen molar-refractivity contribution < 1.29 is 15.5 Å². The van der Waals surface area contributed by atoms with Gasteiger partial charge in [0.25, 0.3) is 0 Å². The van der Waals surface area contributed by atoms with Crippen molar-refractivity contribution in [2.75, 3.05) is 13.2 Å². The molecule has 0 fully saturated rings. The summed E-state index contributed by atoms with van der Waals surface area (Å²) < 4.78 is 0. The summed E-state index contributed by atoms with van der Waals surface area (Å²) in [5, 5.41) is 20.3. The Kier molecular flexibility index (Phi) is 3.93. The van der Waals surface area contributed by atoms with Gasteiger partial charge in [0.2, 0.25) is 0 Å². The topological polar surface area (TPSA) is 57.1 Å². The highest BCUT2D eigenvalue weighted by Gasteiger charge is 2.22. The van der Waals surface area contributed by atoms with Gasteiger partial charge in [-0.1, -0.05) is 24.3 Å². The first-order valence-electron chi connectivity index (χ1n) is 6.01. The molecule has 4 N–H and O–H groups in total. The minimum absolute atomic E-state index is 0.148. The predicted octanol–water partition coefficient (Wildman–Crippen LogP) is -0.0194. The maximum Gasteiger partial charge on any atom is 0.126 e. The van der Waals surface area contributed by atoms with Gasteiger partial charge < -0.3 is 15.5 Å². The molecule has 0 spiro atoms. The van der Waals surface area contributed by atoms with Crippen LogP contribution in [0.5, 0.6) is 0 Å². The number of nitrogens with two attached hydrogens (primary N) is 1. The highest BCUT2D eigenvalue weighted by atomic mass is 16.3. The van der Waals surface area contributed by atoms with E-state index in [0.29, 0.717) is 12.6 Å². The first-order valence-corrected chi connectivity index (χ1v) is 6.01. The van der Waals surface area contributed by atoms with Crippen LogP contribution in [0.15, 0.2) is 24.3 Å². The summed E-state index contributed by atoms with van der Waals surface area (Å²) in [5.41, 5.74) is 2.84. The Labute approximate surface area is 96.1 Å². The average molecular weight is 222 g/mol. The van der Waals surface area contributed by atoms with Crippen molar-refractivity contribution in [1.29, 1.82) is 0 Å². The molecular formula is C13H20NO2+. The van der Waals surface area contributed by atoms with Crippen molar-refractivity contribution in [3.8, 4) is 0 Å². The van der Waals surface area contributed by atoms with Gasteiger partial charge in [0, 0.05) is 12.0 Å². The van der Waals surface area contributed by atoms with Gasteiger partial charge in [-0.2, -0.15) is 0 Å². The van der Waals surface area contributed by atoms with Crippen LogP contribution >= 0.6 is 0 Å². The molecule has 88 valence electrons. The number of fused-ring (bicyclic) bond motifs is 1. The average Bonchev–Trinajstić information content (AvgIpc) is 2.35. The lowest BCUT2D eigenvalue weighted by atomic mass is 9.88. The molecule has 0 aliphatic heterocycles. The van der Waals surface area contributed by atoms with E-state index in [1.807, 2.05) is 0 Å². The second-order valence-electron chi connectivity index (χ2n) is 4.51. The Hall–Kier alpha value is -0.900. The quantitative estimate of drug-likeness (QED) is 0.670. The number of hydrogen-bond donors (Lipinski definition) is 3. The number of aliphatic hydroxyl groups excluding tert-OH is 2. The van der Waals surface area contributed by atoms with Gasteiger partial charge in [0.15, 0.2) is 0 Å². The van der Waals surface area contributed by atoms with Crippen LogP contribution in [0.2, 0.25) is 0 Å². The lowest BCUT2D eigenvalue weighted by Gasteiger charge is -2.24. The maximum atomic E-state index is 9.36. The minimum atomic E-state index is -0.603. The van der Waals surface area contributed by atoms with E-state index in [1.165, 1.54) is 24.0 Å². The van der Waals surface area contributed by atoms with E-state index in [9.17, 15) is 5.11 Å². The fourth-order valence-electron chi connectivity index (χ4n) is 2.43. The third-order valence-corrected chi connectivity index (χ3v) is 3.32. The van der Waals surface area contributed by atoms with Crippen LogP contribution in [0.1, 0.15) is 30.0 Å². The Bertz CT molecular complexity index is 340. The monoisotopic (exact) mass is 222 g/mol. The van der Waals surface area contributed by atoms with E-state index in [-0.39, 0.29) is 6.61 Å². The minimum Gasteiger partial charge on any atom is -0.393 e. The first kappa shape index (κ1) is 11.6. The van der Waals surface area contributed by atoms with Crippen molar-refractivity contribution in [2.45, 2.75) is 31.4 Å². The van der Waals surface area contributed by atoms with Crippen LogP contribution < -0.4 is 5.32 Å². The summed E-state index contributed by atoms with van der Waals surface area (Å²) in [5.74, 6) is 0. The molecule has 1 aliphatic rings. The lowest BCUT2D eigenvalue weighted by Crippen LogP contribution is -2.87. The number of rotatable bonds is 4. The fourth-order valence-corrected chi connectivity index (χ4v) is 2.43. The molecule has 3 nitrogen and oxygen atoms in total. The normalized spacial score (nSPS) is 21.5. The van der Waals surface area contributed by atoms with E-state index < -0.39 is 6.10 Å². The molecule has 0 saturated carbocycles. The second kappa shape index (κ2) is 5.43. The van der Waals surface area contributed by atoms with Crippen LogP contribution in [0.25, 0.3) is 0 Å². The summed E-state index contributed by atoms with van der Waals surface area (Å²) in [6, 6.07) is 8.99. The van der Waals surface area contributed by atoms with Gasteiger partial charge in [-0.05, 0) is 18.4 Å². The Morgan fingerprint density at radius 2 is 2.19 bits per heavy atom. The molecule has 0 saturated heterocycles. The molecule has 1 aliphatic carbocycles. The third kappa shape index (κ3) is 2.61. The Balaban J connectivity index is 2.01. The number of aryl methyl sites for hydroxylation is 1. The van der Waals surface area contributed by atoms with E-state index in [0.717, 1.165) is 6.42 Å². The molecule has 0 aromatic heterocycles. The predicted molar refractivity (Wildman–Crippen MR) is 62.0 cm³/mol. The van der Waals surface area contributed by atoms with Crippen LogP contribution in [0, 0.1) is 0 Å². The van der Waals surface area contributed by atoms with Crippen molar-refractivity contribution in [3.05, 3.63) is 35.4 Å². The molecular weight excluding hydrogens is 202 g/mol. The van der Waals surface area contributed by atoms with Crippen LogP contribution in [-0.2, 0) is 6.42 Å². The summed E-state index contributed by atoms with van der Waals surface area (Å²) >= 11 is 0. The maximum absolute atomic E-state index is 9.36. The number of benzene rings is 1. The van der Waals surface area contributed by atoms with Gasteiger partial charge in [-0.25, -0.2) is 0 Å². The molecule has 1 aromatic carbocycles. The zero-order chi connectivity index (χ0) is 11.4. The number of hydrogen-bond acceptors (Lipinski definition) is 2. The SMILES string of the molecule is OC[C@H](O)C[NH2+][C@@H]1CCCc2ccccc21. The van der Waals surface area contributed by atoms with Gasteiger partial charge in [-0.3, -0.25) is 0 Å². The van der Waals surface area contributed by atoms with Crippen molar-refractivity contribution in [1.82, 2.24) is 0 Å². The molecule has 2 atom stereocenters. The summed E-state index contributed by atoms with van der Waals surface area (Å²) in [6.07, 6.45) is 2.94. The van der Waals surface area contributed by atoms with Crippen LogP contribution in [0.3, 0.4) is 0 Å². The van der Waals surface area contributed by atoms with Gasteiger partial charge >= 0.3 is 0 Å². The Morgan fingerprint density at radius 3 is 3.00 bits per heavy atom. The molecule has 0 bridgehead atoms. The third-order valence-electron chi connectivity index (χ3n) is 3.32. The number of quaternary nitrogens is 1. The molecule has 0 amide bonds. The van der Waals surface area contributed by atoms with Gasteiger partial charge in [0.05, 0.1) is 6.61 Å². The largest absolute Gasteiger partial charge is 0.393 e. The highest BCUT2D eigenvalue weighted by Crippen LogP contribution is 2.26. The van der Waals surface area contributed by atoms with E-state index in [1.54, 1.807) is 0 Å². The molecule has 0 unspecified atom stereocenters. The van der Waals surface area contributed by atoms with Crippen molar-refractivity contribution in [2.24, 2.45) is 0 Å². The van der Waals surface area contributed by atoms with E-state index in [2.05, 4.69) is 29.6 Å². The summed E-state index contributed by atoms with van der Waals surface area (Å²) in [7, 11) is 0. The lowest BCUT2D eigenvalue weighted by molar-refractivity contribution is -0.702. The first-order chi connectivity index (χ1) is 7.81. The zero-order valence-corrected chi connectivity index (χ0v) is 9.47. The second-order valence-corrected chi connectivity index (χ2v) is 4.51. The molecule has 3 heteroatoms. The zero-order valence-electron chi connectivity index (χ0n) is 9.47.